The Labute approximate surface area is 224 Å². The predicted molar refractivity (Wildman–Crippen MR) is 149 cm³/mol. The maximum absolute atomic E-state index is 13.3. The van der Waals surface area contributed by atoms with Crippen LogP contribution in [0.15, 0.2) is 53.0 Å². The van der Waals surface area contributed by atoms with Gasteiger partial charge in [-0.3, -0.25) is 13.9 Å². The van der Waals surface area contributed by atoms with Crippen LogP contribution in [0.25, 0.3) is 0 Å². The molecule has 0 bridgehead atoms. The molecule has 0 aliphatic rings. The van der Waals surface area contributed by atoms with Crippen LogP contribution in [-0.2, 0) is 32.6 Å². The summed E-state index contributed by atoms with van der Waals surface area (Å²) < 4.78 is 27.2. The van der Waals surface area contributed by atoms with E-state index in [2.05, 4.69) is 21.2 Å². The second kappa shape index (κ2) is 13.8. The Bertz CT molecular complexity index is 1100. The average molecular weight is 581 g/mol. The summed E-state index contributed by atoms with van der Waals surface area (Å²) in [5, 5.41) is 2.91. The van der Waals surface area contributed by atoms with E-state index in [0.29, 0.717) is 24.6 Å². The molecule has 0 spiro atoms. The number of carbonyl (C=O) groups is 2. The van der Waals surface area contributed by atoms with E-state index < -0.39 is 16.1 Å². The van der Waals surface area contributed by atoms with Crippen LogP contribution in [-0.4, -0.2) is 50.5 Å². The molecule has 7 nitrogen and oxygen atoms in total. The Kier molecular flexibility index (Phi) is 11.4. The molecule has 0 unspecified atom stereocenters. The number of rotatable bonds is 13. The maximum atomic E-state index is 13.3. The first kappa shape index (κ1) is 29.8. The zero-order chi connectivity index (χ0) is 26.9. The SMILES string of the molecule is CCc1ccc(N(CCCC(=O)N(Cc2ccc(Br)cc2)[C@H](C)C(=O)NCC(C)C)S(C)(=O)=O)cc1. The van der Waals surface area contributed by atoms with Crippen LogP contribution < -0.4 is 9.62 Å². The van der Waals surface area contributed by atoms with Gasteiger partial charge in [0.05, 0.1) is 11.9 Å². The second-order valence-electron chi connectivity index (χ2n) is 9.42. The van der Waals surface area contributed by atoms with E-state index in [9.17, 15) is 18.0 Å². The number of aryl methyl sites for hydroxylation is 1. The molecule has 0 fully saturated rings. The lowest BCUT2D eigenvalue weighted by atomic mass is 10.1. The van der Waals surface area contributed by atoms with Crippen molar-refractivity contribution in [2.24, 2.45) is 5.92 Å². The zero-order valence-electron chi connectivity index (χ0n) is 21.8. The molecule has 0 heterocycles. The zero-order valence-corrected chi connectivity index (χ0v) is 24.2. The molecule has 0 aliphatic heterocycles. The van der Waals surface area contributed by atoms with Gasteiger partial charge in [0.25, 0.3) is 0 Å². The summed E-state index contributed by atoms with van der Waals surface area (Å²) in [6.07, 6.45) is 2.49. The van der Waals surface area contributed by atoms with Gasteiger partial charge in [-0.15, -0.1) is 0 Å². The normalized spacial score (nSPS) is 12.3. The van der Waals surface area contributed by atoms with Crippen molar-refractivity contribution in [1.82, 2.24) is 10.2 Å². The molecule has 2 rings (SSSR count). The molecule has 2 aromatic rings. The molecule has 0 saturated carbocycles. The number of amides is 2. The van der Waals surface area contributed by atoms with E-state index in [4.69, 9.17) is 0 Å². The van der Waals surface area contributed by atoms with Gasteiger partial charge in [-0.1, -0.05) is 61.0 Å². The van der Waals surface area contributed by atoms with Gasteiger partial charge in [0.1, 0.15) is 6.04 Å². The smallest absolute Gasteiger partial charge is 0.242 e. The minimum Gasteiger partial charge on any atom is -0.354 e. The standard InChI is InChI=1S/C27H38BrN3O4S/c1-6-22-11-15-25(16-12-22)31(36(5,34)35)17-7-8-26(32)30(19-23-9-13-24(28)14-10-23)21(4)27(33)29-18-20(2)3/h9-16,20-21H,6-8,17-19H2,1-5H3,(H,29,33)/t21-/m1/s1. The molecule has 1 atom stereocenters. The fourth-order valence-electron chi connectivity index (χ4n) is 3.72. The minimum absolute atomic E-state index is 0.122. The Morgan fingerprint density at radius 2 is 1.56 bits per heavy atom. The van der Waals surface area contributed by atoms with Crippen LogP contribution in [0.4, 0.5) is 5.69 Å². The van der Waals surface area contributed by atoms with E-state index >= 15 is 0 Å². The molecule has 2 aromatic carbocycles. The monoisotopic (exact) mass is 579 g/mol. The Morgan fingerprint density at radius 1 is 0.972 bits per heavy atom. The van der Waals surface area contributed by atoms with Crippen LogP contribution in [0.1, 0.15) is 51.7 Å². The number of hydrogen-bond acceptors (Lipinski definition) is 4. The van der Waals surface area contributed by atoms with Crippen molar-refractivity contribution < 1.29 is 18.0 Å². The summed E-state index contributed by atoms with van der Waals surface area (Å²) in [7, 11) is -3.51. The number of nitrogens with zero attached hydrogens (tertiary/aromatic N) is 2. The van der Waals surface area contributed by atoms with E-state index in [-0.39, 0.29) is 31.3 Å². The highest BCUT2D eigenvalue weighted by atomic mass is 79.9. The molecular formula is C27H38BrN3O4S. The number of nitrogens with one attached hydrogen (secondary N) is 1. The van der Waals surface area contributed by atoms with Gasteiger partial charge >= 0.3 is 0 Å². The van der Waals surface area contributed by atoms with Gasteiger partial charge in [0, 0.05) is 30.5 Å². The third-order valence-corrected chi connectivity index (χ3v) is 7.63. The number of anilines is 1. The molecule has 0 aliphatic carbocycles. The van der Waals surface area contributed by atoms with E-state index in [1.807, 2.05) is 57.2 Å². The Hall–Kier alpha value is -2.39. The fraction of sp³-hybridized carbons (Fsp3) is 0.481. The maximum Gasteiger partial charge on any atom is 0.242 e. The molecule has 9 heteroatoms. The number of benzene rings is 2. The summed E-state index contributed by atoms with van der Waals surface area (Å²) in [6.45, 7) is 8.79. The van der Waals surface area contributed by atoms with Crippen molar-refractivity contribution in [3.63, 3.8) is 0 Å². The van der Waals surface area contributed by atoms with Crippen LogP contribution in [0.3, 0.4) is 0 Å². The number of carbonyl (C=O) groups excluding carboxylic acids is 2. The van der Waals surface area contributed by atoms with Gasteiger partial charge < -0.3 is 10.2 Å². The van der Waals surface area contributed by atoms with Crippen LogP contribution >= 0.6 is 15.9 Å². The topological polar surface area (TPSA) is 86.8 Å². The van der Waals surface area contributed by atoms with E-state index in [1.165, 1.54) is 10.6 Å². The van der Waals surface area contributed by atoms with Crippen molar-refractivity contribution in [2.45, 2.75) is 59.5 Å². The number of hydrogen-bond donors (Lipinski definition) is 1. The van der Waals surface area contributed by atoms with E-state index in [0.717, 1.165) is 22.0 Å². The summed E-state index contributed by atoms with van der Waals surface area (Å²) in [4.78, 5) is 27.7. The first-order valence-corrected chi connectivity index (χ1v) is 14.9. The average Bonchev–Trinajstić information content (AvgIpc) is 2.83. The largest absolute Gasteiger partial charge is 0.354 e. The molecular weight excluding hydrogens is 542 g/mol. The van der Waals surface area contributed by atoms with Crippen molar-refractivity contribution in [2.75, 3.05) is 23.7 Å². The van der Waals surface area contributed by atoms with E-state index in [1.54, 1.807) is 24.0 Å². The first-order chi connectivity index (χ1) is 16.9. The molecule has 0 radical (unpaired) electrons. The molecule has 2 amide bonds. The number of halogens is 1. The summed E-state index contributed by atoms with van der Waals surface area (Å²) >= 11 is 3.42. The van der Waals surface area contributed by atoms with Gasteiger partial charge in [-0.05, 0) is 61.1 Å². The highest BCUT2D eigenvalue weighted by Crippen LogP contribution is 2.20. The lowest BCUT2D eigenvalue weighted by Gasteiger charge is -2.29. The molecule has 0 saturated heterocycles. The molecule has 198 valence electrons. The summed E-state index contributed by atoms with van der Waals surface area (Å²) in [5.41, 5.74) is 2.61. The molecule has 1 N–H and O–H groups in total. The summed E-state index contributed by atoms with van der Waals surface area (Å²) in [6, 6.07) is 14.4. The molecule has 0 aromatic heterocycles. The van der Waals surface area contributed by atoms with Crippen LogP contribution in [0, 0.1) is 5.92 Å². The van der Waals surface area contributed by atoms with Crippen molar-refractivity contribution in [3.8, 4) is 0 Å². The first-order valence-electron chi connectivity index (χ1n) is 12.3. The van der Waals surface area contributed by atoms with Crippen LogP contribution in [0.2, 0.25) is 0 Å². The van der Waals surface area contributed by atoms with Gasteiger partial charge in [-0.25, -0.2) is 8.42 Å². The van der Waals surface area contributed by atoms with Crippen molar-refractivity contribution in [3.05, 3.63) is 64.1 Å². The quantitative estimate of drug-likeness (QED) is 0.371. The highest BCUT2D eigenvalue weighted by Gasteiger charge is 2.26. The second-order valence-corrected chi connectivity index (χ2v) is 12.2. The number of sulfonamides is 1. The van der Waals surface area contributed by atoms with Gasteiger partial charge in [0.2, 0.25) is 21.8 Å². The van der Waals surface area contributed by atoms with Gasteiger partial charge in [-0.2, -0.15) is 0 Å². The third kappa shape index (κ3) is 9.24. The lowest BCUT2D eigenvalue weighted by molar-refractivity contribution is -0.140. The Balaban J connectivity index is 2.14. The van der Waals surface area contributed by atoms with Crippen molar-refractivity contribution in [1.29, 1.82) is 0 Å². The van der Waals surface area contributed by atoms with Crippen molar-refractivity contribution >= 4 is 43.5 Å². The van der Waals surface area contributed by atoms with Crippen LogP contribution in [0.5, 0.6) is 0 Å². The fourth-order valence-corrected chi connectivity index (χ4v) is 4.95. The highest BCUT2D eigenvalue weighted by molar-refractivity contribution is 9.10. The molecule has 36 heavy (non-hydrogen) atoms. The lowest BCUT2D eigenvalue weighted by Crippen LogP contribution is -2.48. The Morgan fingerprint density at radius 3 is 2.08 bits per heavy atom. The summed E-state index contributed by atoms with van der Waals surface area (Å²) in [5.74, 6) is -0.104. The van der Waals surface area contributed by atoms with Gasteiger partial charge in [0.15, 0.2) is 0 Å². The predicted octanol–water partition coefficient (Wildman–Crippen LogP) is 4.75. The third-order valence-electron chi connectivity index (χ3n) is 5.90. The minimum atomic E-state index is -3.51.